The van der Waals surface area contributed by atoms with Gasteiger partial charge in [-0.3, -0.25) is 4.79 Å². The molecule has 1 aromatic heterocycles. The fourth-order valence-electron chi connectivity index (χ4n) is 3.39. The number of amides is 1. The molecule has 0 aliphatic heterocycles. The van der Waals surface area contributed by atoms with E-state index in [4.69, 9.17) is 16.3 Å². The number of hydrogen-bond donors (Lipinski definition) is 1. The SMILES string of the molecule is CCC1CCc2c(sc(NC(=O)C=Cc3c(F)cccc3Cl)c2C(=O)OC)C1. The van der Waals surface area contributed by atoms with Crippen LogP contribution in [0.25, 0.3) is 6.08 Å². The molecule has 1 unspecified atom stereocenters. The van der Waals surface area contributed by atoms with Crippen molar-refractivity contribution in [3.63, 3.8) is 0 Å². The molecule has 0 bridgehead atoms. The minimum absolute atomic E-state index is 0.142. The highest BCUT2D eigenvalue weighted by atomic mass is 35.5. The van der Waals surface area contributed by atoms with Gasteiger partial charge in [-0.1, -0.05) is 31.0 Å². The van der Waals surface area contributed by atoms with Crippen LogP contribution >= 0.6 is 22.9 Å². The van der Waals surface area contributed by atoms with Crippen molar-refractivity contribution in [1.29, 1.82) is 0 Å². The molecule has 1 amide bonds. The molecule has 0 radical (unpaired) electrons. The zero-order chi connectivity index (χ0) is 20.3. The van der Waals surface area contributed by atoms with Crippen molar-refractivity contribution in [2.45, 2.75) is 32.6 Å². The minimum Gasteiger partial charge on any atom is -0.465 e. The van der Waals surface area contributed by atoms with Crippen molar-refractivity contribution < 1.29 is 18.7 Å². The summed E-state index contributed by atoms with van der Waals surface area (Å²) in [5.41, 5.74) is 1.55. The van der Waals surface area contributed by atoms with E-state index in [1.165, 1.54) is 42.7 Å². The van der Waals surface area contributed by atoms with Gasteiger partial charge >= 0.3 is 5.97 Å². The minimum atomic E-state index is -0.510. The number of anilines is 1. The van der Waals surface area contributed by atoms with Crippen LogP contribution in [-0.4, -0.2) is 19.0 Å². The van der Waals surface area contributed by atoms with Crippen LogP contribution in [0, 0.1) is 11.7 Å². The maximum atomic E-state index is 13.8. The van der Waals surface area contributed by atoms with Gasteiger partial charge in [-0.05, 0) is 49.0 Å². The first-order chi connectivity index (χ1) is 13.4. The zero-order valence-electron chi connectivity index (χ0n) is 15.7. The van der Waals surface area contributed by atoms with Crippen LogP contribution in [0.2, 0.25) is 5.02 Å². The summed E-state index contributed by atoms with van der Waals surface area (Å²) in [4.78, 5) is 25.8. The molecule has 148 valence electrons. The second-order valence-electron chi connectivity index (χ2n) is 6.67. The van der Waals surface area contributed by atoms with E-state index in [2.05, 4.69) is 12.2 Å². The van der Waals surface area contributed by atoms with Crippen LogP contribution < -0.4 is 5.32 Å². The number of ether oxygens (including phenoxy) is 1. The van der Waals surface area contributed by atoms with Gasteiger partial charge in [0, 0.05) is 16.5 Å². The first kappa shape index (κ1) is 20.6. The lowest BCUT2D eigenvalue weighted by Gasteiger charge is -2.20. The van der Waals surface area contributed by atoms with Crippen molar-refractivity contribution in [3.05, 3.63) is 56.7 Å². The molecule has 2 aromatic rings. The first-order valence-corrected chi connectivity index (χ1v) is 10.3. The second kappa shape index (κ2) is 8.88. The Morgan fingerprint density at radius 3 is 2.89 bits per heavy atom. The Labute approximate surface area is 172 Å². The van der Waals surface area contributed by atoms with E-state index in [1.807, 2.05) is 0 Å². The van der Waals surface area contributed by atoms with Crippen molar-refractivity contribution >= 4 is 45.9 Å². The number of hydrogen-bond acceptors (Lipinski definition) is 4. The molecule has 0 spiro atoms. The lowest BCUT2D eigenvalue weighted by Crippen LogP contribution is -2.15. The van der Waals surface area contributed by atoms with Gasteiger partial charge in [0.05, 0.1) is 17.7 Å². The van der Waals surface area contributed by atoms with Crippen molar-refractivity contribution in [2.75, 3.05) is 12.4 Å². The summed E-state index contributed by atoms with van der Waals surface area (Å²) in [7, 11) is 1.33. The quantitative estimate of drug-likeness (QED) is 0.512. The molecule has 0 saturated heterocycles. The van der Waals surface area contributed by atoms with E-state index in [0.29, 0.717) is 16.5 Å². The van der Waals surface area contributed by atoms with E-state index in [-0.39, 0.29) is 10.6 Å². The topological polar surface area (TPSA) is 55.4 Å². The van der Waals surface area contributed by atoms with Crippen LogP contribution in [0.15, 0.2) is 24.3 Å². The maximum Gasteiger partial charge on any atom is 0.341 e. The van der Waals surface area contributed by atoms with Crippen LogP contribution in [0.5, 0.6) is 0 Å². The Kier molecular flexibility index (Phi) is 6.52. The molecule has 1 aliphatic carbocycles. The van der Waals surface area contributed by atoms with Gasteiger partial charge in [0.25, 0.3) is 0 Å². The molecule has 7 heteroatoms. The summed E-state index contributed by atoms with van der Waals surface area (Å²) < 4.78 is 18.8. The number of thiophene rings is 1. The third-order valence-corrected chi connectivity index (χ3v) is 6.47. The fraction of sp³-hybridized carbons (Fsp3) is 0.333. The molecule has 28 heavy (non-hydrogen) atoms. The highest BCUT2D eigenvalue weighted by Crippen LogP contribution is 2.40. The van der Waals surface area contributed by atoms with Crippen molar-refractivity contribution in [3.8, 4) is 0 Å². The number of fused-ring (bicyclic) bond motifs is 1. The number of rotatable bonds is 5. The standard InChI is InChI=1S/C21H21ClFNO3S/c1-3-12-7-8-14-17(11-12)28-20(19(14)21(26)27-2)24-18(25)10-9-13-15(22)5-4-6-16(13)23/h4-6,9-10,12H,3,7-8,11H2,1-2H3,(H,24,25). The molecular weight excluding hydrogens is 401 g/mol. The van der Waals surface area contributed by atoms with Crippen molar-refractivity contribution in [1.82, 2.24) is 0 Å². The van der Waals surface area contributed by atoms with E-state index >= 15 is 0 Å². The van der Waals surface area contributed by atoms with Crippen LogP contribution in [-0.2, 0) is 22.4 Å². The summed E-state index contributed by atoms with van der Waals surface area (Å²) in [6, 6.07) is 4.32. The van der Waals surface area contributed by atoms with Gasteiger partial charge in [-0.25, -0.2) is 9.18 Å². The number of methoxy groups -OCH3 is 1. The monoisotopic (exact) mass is 421 g/mol. The van der Waals surface area contributed by atoms with Crippen LogP contribution in [0.3, 0.4) is 0 Å². The second-order valence-corrected chi connectivity index (χ2v) is 8.19. The smallest absolute Gasteiger partial charge is 0.341 e. The number of halogens is 2. The summed E-state index contributed by atoms with van der Waals surface area (Å²) >= 11 is 7.39. The third-order valence-electron chi connectivity index (χ3n) is 4.97. The van der Waals surface area contributed by atoms with E-state index in [1.54, 1.807) is 6.07 Å². The molecule has 1 atom stereocenters. The number of esters is 1. The number of carbonyl (C=O) groups is 2. The first-order valence-electron chi connectivity index (χ1n) is 9.10. The Morgan fingerprint density at radius 1 is 1.43 bits per heavy atom. The summed E-state index contributed by atoms with van der Waals surface area (Å²) in [6.07, 6.45) is 6.33. The molecule has 4 nitrogen and oxygen atoms in total. The number of carbonyl (C=O) groups excluding carboxylic acids is 2. The van der Waals surface area contributed by atoms with Gasteiger partial charge in [-0.15, -0.1) is 11.3 Å². The lowest BCUT2D eigenvalue weighted by molar-refractivity contribution is -0.111. The molecule has 1 heterocycles. The predicted molar refractivity (Wildman–Crippen MR) is 111 cm³/mol. The van der Waals surface area contributed by atoms with Gasteiger partial charge in [0.2, 0.25) is 5.91 Å². The molecular formula is C21H21ClFNO3S. The summed E-state index contributed by atoms with van der Waals surface area (Å²) in [5, 5.41) is 3.45. The summed E-state index contributed by atoms with van der Waals surface area (Å²) in [5.74, 6) is -0.841. The molecule has 1 aromatic carbocycles. The van der Waals surface area contributed by atoms with Crippen LogP contribution in [0.1, 0.15) is 46.1 Å². The van der Waals surface area contributed by atoms with Gasteiger partial charge in [-0.2, -0.15) is 0 Å². The average molecular weight is 422 g/mol. The third kappa shape index (κ3) is 4.28. The molecule has 3 rings (SSSR count). The summed E-state index contributed by atoms with van der Waals surface area (Å²) in [6.45, 7) is 2.16. The van der Waals surface area contributed by atoms with Crippen LogP contribution in [0.4, 0.5) is 9.39 Å². The fourth-order valence-corrected chi connectivity index (χ4v) is 4.97. The average Bonchev–Trinajstić information content (AvgIpc) is 3.03. The van der Waals surface area contributed by atoms with E-state index in [0.717, 1.165) is 36.1 Å². The number of benzene rings is 1. The number of nitrogens with one attached hydrogen (secondary N) is 1. The Morgan fingerprint density at radius 2 is 2.21 bits per heavy atom. The Bertz CT molecular complexity index is 918. The zero-order valence-corrected chi connectivity index (χ0v) is 17.3. The molecule has 1 N–H and O–H groups in total. The largest absolute Gasteiger partial charge is 0.465 e. The van der Waals surface area contributed by atoms with E-state index < -0.39 is 17.7 Å². The van der Waals surface area contributed by atoms with Crippen molar-refractivity contribution in [2.24, 2.45) is 5.92 Å². The van der Waals surface area contributed by atoms with Gasteiger partial charge in [0.15, 0.2) is 0 Å². The molecule has 0 fully saturated rings. The van der Waals surface area contributed by atoms with E-state index in [9.17, 15) is 14.0 Å². The highest BCUT2D eigenvalue weighted by Gasteiger charge is 2.29. The highest BCUT2D eigenvalue weighted by molar-refractivity contribution is 7.17. The molecule has 0 saturated carbocycles. The predicted octanol–water partition coefficient (Wildman–Crippen LogP) is 5.49. The normalized spacial score (nSPS) is 16.1. The lowest BCUT2D eigenvalue weighted by atomic mass is 9.86. The molecule has 1 aliphatic rings. The van der Waals surface area contributed by atoms with Gasteiger partial charge < -0.3 is 10.1 Å². The Balaban J connectivity index is 1.85. The maximum absolute atomic E-state index is 13.8. The van der Waals surface area contributed by atoms with Gasteiger partial charge in [0.1, 0.15) is 10.8 Å². The Hall–Kier alpha value is -2.18.